The Kier molecular flexibility index (Phi) is 5.00. The standard InChI is InChI=1S/C17H26OSi/c1-19(2,3)14-16(17-11-7-8-12-18-17)13-15-9-5-4-6-10-15/h4-6,9-10,14,17H,7-8,11-13H2,1-3H3/b16-14+/t17-/m1/s1. The molecule has 1 atom stereocenters. The van der Waals surface area contributed by atoms with E-state index in [1.165, 1.54) is 30.4 Å². The number of ether oxygens (including phenoxy) is 1. The van der Waals surface area contributed by atoms with Gasteiger partial charge in [0.15, 0.2) is 0 Å². The van der Waals surface area contributed by atoms with E-state index < -0.39 is 8.07 Å². The smallest absolute Gasteiger partial charge is 0.0784 e. The van der Waals surface area contributed by atoms with Crippen molar-refractivity contribution < 1.29 is 4.74 Å². The van der Waals surface area contributed by atoms with Gasteiger partial charge in [-0.05, 0) is 36.8 Å². The summed E-state index contributed by atoms with van der Waals surface area (Å²) in [7, 11) is -1.20. The van der Waals surface area contributed by atoms with Gasteiger partial charge < -0.3 is 4.74 Å². The maximum Gasteiger partial charge on any atom is 0.0784 e. The fourth-order valence-electron chi connectivity index (χ4n) is 2.68. The van der Waals surface area contributed by atoms with Crippen LogP contribution >= 0.6 is 0 Å². The molecule has 0 N–H and O–H groups in total. The van der Waals surface area contributed by atoms with Crippen LogP contribution in [0.2, 0.25) is 19.6 Å². The minimum atomic E-state index is -1.20. The average molecular weight is 274 g/mol. The molecule has 0 radical (unpaired) electrons. The van der Waals surface area contributed by atoms with E-state index in [9.17, 15) is 0 Å². The second-order valence-electron chi connectivity index (χ2n) is 6.60. The number of hydrogen-bond donors (Lipinski definition) is 0. The van der Waals surface area contributed by atoms with Gasteiger partial charge in [-0.3, -0.25) is 0 Å². The van der Waals surface area contributed by atoms with Gasteiger partial charge in [-0.2, -0.15) is 0 Å². The molecule has 0 unspecified atom stereocenters. The molecule has 1 aromatic rings. The average Bonchev–Trinajstić information content (AvgIpc) is 2.39. The molecule has 0 aliphatic carbocycles. The van der Waals surface area contributed by atoms with Crippen LogP contribution in [-0.4, -0.2) is 20.8 Å². The zero-order chi connectivity index (χ0) is 13.7. The summed E-state index contributed by atoms with van der Waals surface area (Å²) in [5.41, 5.74) is 5.47. The van der Waals surface area contributed by atoms with Crippen LogP contribution in [0, 0.1) is 0 Å². The summed E-state index contributed by atoms with van der Waals surface area (Å²) in [4.78, 5) is 0. The first-order valence-corrected chi connectivity index (χ1v) is 11.0. The monoisotopic (exact) mass is 274 g/mol. The topological polar surface area (TPSA) is 9.23 Å². The summed E-state index contributed by atoms with van der Waals surface area (Å²) in [6.07, 6.45) is 5.14. The maximum atomic E-state index is 6.01. The second-order valence-corrected chi connectivity index (χ2v) is 11.6. The van der Waals surface area contributed by atoms with E-state index in [-0.39, 0.29) is 0 Å². The first-order chi connectivity index (χ1) is 9.04. The number of hydrogen-bond acceptors (Lipinski definition) is 1. The molecule has 2 rings (SSSR count). The lowest BCUT2D eigenvalue weighted by Gasteiger charge is -2.27. The lowest BCUT2D eigenvalue weighted by Crippen LogP contribution is -2.26. The Morgan fingerprint density at radius 1 is 1.21 bits per heavy atom. The predicted molar refractivity (Wildman–Crippen MR) is 85.2 cm³/mol. The van der Waals surface area contributed by atoms with E-state index in [0.717, 1.165) is 13.0 Å². The van der Waals surface area contributed by atoms with Crippen LogP contribution in [0.3, 0.4) is 0 Å². The fourth-order valence-corrected chi connectivity index (χ4v) is 4.08. The van der Waals surface area contributed by atoms with Crippen molar-refractivity contribution in [2.45, 2.75) is 51.4 Å². The van der Waals surface area contributed by atoms with Crippen LogP contribution in [0.4, 0.5) is 0 Å². The van der Waals surface area contributed by atoms with Gasteiger partial charge in [-0.15, -0.1) is 0 Å². The van der Waals surface area contributed by atoms with Crippen LogP contribution in [0.5, 0.6) is 0 Å². The van der Waals surface area contributed by atoms with Crippen molar-refractivity contribution in [2.75, 3.05) is 6.61 Å². The third kappa shape index (κ3) is 4.96. The van der Waals surface area contributed by atoms with Gasteiger partial charge in [0.2, 0.25) is 0 Å². The van der Waals surface area contributed by atoms with Crippen molar-refractivity contribution in [2.24, 2.45) is 0 Å². The van der Waals surface area contributed by atoms with Gasteiger partial charge in [0.05, 0.1) is 14.2 Å². The molecule has 1 aromatic carbocycles. The van der Waals surface area contributed by atoms with Gasteiger partial charge >= 0.3 is 0 Å². The molecular weight excluding hydrogens is 248 g/mol. The number of rotatable bonds is 4. The van der Waals surface area contributed by atoms with E-state index in [1.54, 1.807) is 0 Å². The van der Waals surface area contributed by atoms with E-state index in [1.807, 2.05) is 0 Å². The van der Waals surface area contributed by atoms with Crippen LogP contribution < -0.4 is 0 Å². The van der Waals surface area contributed by atoms with Crippen LogP contribution in [0.25, 0.3) is 0 Å². The summed E-state index contributed by atoms with van der Waals surface area (Å²) < 4.78 is 6.01. The van der Waals surface area contributed by atoms with E-state index in [2.05, 4.69) is 55.7 Å². The van der Waals surface area contributed by atoms with E-state index in [4.69, 9.17) is 4.74 Å². The Balaban J connectivity index is 2.17. The molecule has 0 amide bonds. The normalized spacial score (nSPS) is 21.4. The minimum absolute atomic E-state index is 0.362. The Morgan fingerprint density at radius 3 is 2.53 bits per heavy atom. The molecular formula is C17H26OSi. The molecule has 2 heteroatoms. The summed E-state index contributed by atoms with van der Waals surface area (Å²) in [5, 5.41) is 0. The highest BCUT2D eigenvalue weighted by atomic mass is 28.3. The van der Waals surface area contributed by atoms with Crippen molar-refractivity contribution in [1.82, 2.24) is 0 Å². The molecule has 1 aliphatic heterocycles. The quantitative estimate of drug-likeness (QED) is 0.729. The van der Waals surface area contributed by atoms with Crippen molar-refractivity contribution in [1.29, 1.82) is 0 Å². The Labute approximate surface area is 118 Å². The third-order valence-corrected chi connectivity index (χ3v) is 4.70. The molecule has 1 fully saturated rings. The Bertz CT molecular complexity index is 411. The first-order valence-electron chi connectivity index (χ1n) is 7.42. The van der Waals surface area contributed by atoms with Gasteiger partial charge in [0.1, 0.15) is 0 Å². The predicted octanol–water partition coefficient (Wildman–Crippen LogP) is 4.60. The molecule has 0 aromatic heterocycles. The second kappa shape index (κ2) is 6.53. The van der Waals surface area contributed by atoms with Crippen molar-refractivity contribution in [3.63, 3.8) is 0 Å². The fraction of sp³-hybridized carbons (Fsp3) is 0.529. The molecule has 1 aliphatic rings. The van der Waals surface area contributed by atoms with E-state index in [0.29, 0.717) is 6.10 Å². The molecule has 0 spiro atoms. The first kappa shape index (κ1) is 14.5. The zero-order valence-corrected chi connectivity index (χ0v) is 13.5. The molecule has 104 valence electrons. The van der Waals surface area contributed by atoms with Gasteiger partial charge in [-0.1, -0.05) is 55.7 Å². The zero-order valence-electron chi connectivity index (χ0n) is 12.5. The van der Waals surface area contributed by atoms with Gasteiger partial charge in [-0.25, -0.2) is 0 Å². The summed E-state index contributed by atoms with van der Waals surface area (Å²) in [6, 6.07) is 10.8. The van der Waals surface area contributed by atoms with Gasteiger partial charge in [0, 0.05) is 6.61 Å². The third-order valence-electron chi connectivity index (χ3n) is 3.46. The van der Waals surface area contributed by atoms with Crippen LogP contribution in [-0.2, 0) is 11.2 Å². The van der Waals surface area contributed by atoms with Crippen LogP contribution in [0.1, 0.15) is 24.8 Å². The lowest BCUT2D eigenvalue weighted by atomic mass is 9.97. The van der Waals surface area contributed by atoms with E-state index >= 15 is 0 Å². The molecule has 1 saturated heterocycles. The van der Waals surface area contributed by atoms with Gasteiger partial charge in [0.25, 0.3) is 0 Å². The molecule has 0 saturated carbocycles. The summed E-state index contributed by atoms with van der Waals surface area (Å²) >= 11 is 0. The highest BCUT2D eigenvalue weighted by Crippen LogP contribution is 2.24. The highest BCUT2D eigenvalue weighted by molar-refractivity contribution is 6.81. The SMILES string of the molecule is C[Si](C)(C)/C=C(\Cc1ccccc1)[C@H]1CCCCO1. The summed E-state index contributed by atoms with van der Waals surface area (Å²) in [5.74, 6) is 0. The Hall–Kier alpha value is -0.863. The molecule has 19 heavy (non-hydrogen) atoms. The highest BCUT2D eigenvalue weighted by Gasteiger charge is 2.21. The largest absolute Gasteiger partial charge is 0.374 e. The Morgan fingerprint density at radius 2 is 1.95 bits per heavy atom. The molecule has 1 nitrogen and oxygen atoms in total. The summed E-state index contributed by atoms with van der Waals surface area (Å²) in [6.45, 7) is 8.14. The maximum absolute atomic E-state index is 6.01. The molecule has 1 heterocycles. The van der Waals surface area contributed by atoms with Crippen LogP contribution in [0.15, 0.2) is 41.6 Å². The van der Waals surface area contributed by atoms with Crippen molar-refractivity contribution >= 4 is 8.07 Å². The lowest BCUT2D eigenvalue weighted by molar-refractivity contribution is 0.0381. The minimum Gasteiger partial charge on any atom is -0.374 e. The number of benzene rings is 1. The molecule has 0 bridgehead atoms. The van der Waals surface area contributed by atoms with Crippen molar-refractivity contribution in [3.8, 4) is 0 Å². The van der Waals surface area contributed by atoms with Crippen molar-refractivity contribution in [3.05, 3.63) is 47.2 Å².